The number of para-hydroxylation sites is 1. The molecule has 0 radical (unpaired) electrons. The molecule has 1 aliphatic heterocycles. The molecule has 4 rings (SSSR count). The Bertz CT molecular complexity index is 870. The number of fused-ring (bicyclic) bond motifs is 1. The van der Waals surface area contributed by atoms with Crippen LogP contribution in [0.15, 0.2) is 55.1 Å². The third-order valence-corrected chi connectivity index (χ3v) is 4.06. The van der Waals surface area contributed by atoms with Gasteiger partial charge in [0.15, 0.2) is 6.10 Å². The van der Waals surface area contributed by atoms with Crippen LogP contribution in [0.5, 0.6) is 5.75 Å². The molecule has 3 aromatic rings. The van der Waals surface area contributed by atoms with E-state index in [1.807, 2.05) is 24.3 Å². The van der Waals surface area contributed by atoms with Crippen LogP contribution in [0, 0.1) is 0 Å². The Morgan fingerprint density at radius 3 is 2.96 bits per heavy atom. The normalized spacial score (nSPS) is 15.6. The Morgan fingerprint density at radius 1 is 1.29 bits per heavy atom. The number of carbonyl (C=O) groups excluding carboxylic acids is 1. The van der Waals surface area contributed by atoms with Gasteiger partial charge < -0.3 is 10.1 Å². The molecule has 0 unspecified atom stereocenters. The Balaban J connectivity index is 1.58. The second-order valence-corrected chi connectivity index (χ2v) is 5.85. The first-order valence-corrected chi connectivity index (χ1v) is 7.78. The zero-order valence-corrected chi connectivity index (χ0v) is 13.3. The molecule has 0 bridgehead atoms. The van der Waals surface area contributed by atoms with Gasteiger partial charge in [0.2, 0.25) is 0 Å². The van der Waals surface area contributed by atoms with Gasteiger partial charge in [0.25, 0.3) is 5.91 Å². The lowest BCUT2D eigenvalue weighted by atomic mass is 10.1. The maximum Gasteiger partial charge on any atom is 0.265 e. The highest BCUT2D eigenvalue weighted by molar-refractivity contribution is 6.31. The molecule has 1 N–H and O–H groups in total. The lowest BCUT2D eigenvalue weighted by Crippen LogP contribution is -2.31. The van der Waals surface area contributed by atoms with Gasteiger partial charge in [-0.15, -0.1) is 0 Å². The summed E-state index contributed by atoms with van der Waals surface area (Å²) >= 11 is 6.07. The number of rotatable bonds is 3. The lowest BCUT2D eigenvalue weighted by molar-refractivity contribution is -0.122. The molecule has 2 aromatic carbocycles. The van der Waals surface area contributed by atoms with Crippen molar-refractivity contribution < 1.29 is 9.53 Å². The van der Waals surface area contributed by atoms with Crippen molar-refractivity contribution in [2.45, 2.75) is 12.5 Å². The van der Waals surface area contributed by atoms with E-state index in [1.165, 1.54) is 6.33 Å². The minimum absolute atomic E-state index is 0.227. The molecule has 120 valence electrons. The summed E-state index contributed by atoms with van der Waals surface area (Å²) in [5.74, 6) is 0.523. The van der Waals surface area contributed by atoms with Crippen LogP contribution in [0.1, 0.15) is 5.56 Å². The van der Waals surface area contributed by atoms with E-state index in [0.29, 0.717) is 22.8 Å². The molecule has 7 heteroatoms. The molecule has 0 aliphatic carbocycles. The van der Waals surface area contributed by atoms with Crippen LogP contribution in [0.4, 0.5) is 5.69 Å². The molecule has 24 heavy (non-hydrogen) atoms. The largest absolute Gasteiger partial charge is 0.480 e. The SMILES string of the molecule is O=C(Nc1cc(Cl)ccc1-n1cncn1)[C@H]1Cc2ccccc2O1. The van der Waals surface area contributed by atoms with Crippen LogP contribution >= 0.6 is 11.6 Å². The summed E-state index contributed by atoms with van der Waals surface area (Å²) in [6.45, 7) is 0. The molecule has 0 spiro atoms. The van der Waals surface area contributed by atoms with Gasteiger partial charge in [-0.3, -0.25) is 4.79 Å². The predicted octanol–water partition coefficient (Wildman–Crippen LogP) is 2.86. The van der Waals surface area contributed by atoms with Crippen molar-refractivity contribution >= 4 is 23.2 Å². The minimum Gasteiger partial charge on any atom is -0.480 e. The number of benzene rings is 2. The number of hydrogen-bond acceptors (Lipinski definition) is 4. The molecule has 1 amide bonds. The van der Waals surface area contributed by atoms with Gasteiger partial charge in [-0.1, -0.05) is 29.8 Å². The first-order chi connectivity index (χ1) is 11.7. The van der Waals surface area contributed by atoms with Gasteiger partial charge in [-0.25, -0.2) is 9.67 Å². The van der Waals surface area contributed by atoms with Gasteiger partial charge in [0.1, 0.15) is 18.4 Å². The van der Waals surface area contributed by atoms with E-state index >= 15 is 0 Å². The topological polar surface area (TPSA) is 69.0 Å². The number of carbonyl (C=O) groups is 1. The van der Waals surface area contributed by atoms with Crippen LogP contribution in [-0.2, 0) is 11.2 Å². The maximum absolute atomic E-state index is 12.6. The van der Waals surface area contributed by atoms with Crippen molar-refractivity contribution in [3.05, 3.63) is 65.7 Å². The highest BCUT2D eigenvalue weighted by atomic mass is 35.5. The first-order valence-electron chi connectivity index (χ1n) is 7.41. The number of anilines is 1. The van der Waals surface area contributed by atoms with Gasteiger partial charge in [0, 0.05) is 11.4 Å². The van der Waals surface area contributed by atoms with E-state index in [1.54, 1.807) is 29.2 Å². The summed E-state index contributed by atoms with van der Waals surface area (Å²) in [5, 5.41) is 7.49. The Morgan fingerprint density at radius 2 is 2.17 bits per heavy atom. The van der Waals surface area contributed by atoms with Crippen molar-refractivity contribution in [1.29, 1.82) is 0 Å². The van der Waals surface area contributed by atoms with E-state index in [2.05, 4.69) is 15.4 Å². The Labute approximate surface area is 143 Å². The molecule has 1 aliphatic rings. The molecule has 0 fully saturated rings. The molecular weight excluding hydrogens is 328 g/mol. The monoisotopic (exact) mass is 340 g/mol. The lowest BCUT2D eigenvalue weighted by Gasteiger charge is -2.14. The zero-order valence-electron chi connectivity index (χ0n) is 12.5. The smallest absolute Gasteiger partial charge is 0.265 e. The van der Waals surface area contributed by atoms with E-state index in [9.17, 15) is 4.79 Å². The zero-order chi connectivity index (χ0) is 16.5. The fourth-order valence-electron chi connectivity index (χ4n) is 2.68. The average Bonchev–Trinajstić information content (AvgIpc) is 3.24. The number of nitrogens with zero attached hydrogens (tertiary/aromatic N) is 3. The summed E-state index contributed by atoms with van der Waals surface area (Å²) in [4.78, 5) is 16.5. The molecule has 6 nitrogen and oxygen atoms in total. The van der Waals surface area contributed by atoms with Crippen molar-refractivity contribution in [2.75, 3.05) is 5.32 Å². The molecule has 1 aromatic heterocycles. The van der Waals surface area contributed by atoms with Crippen LogP contribution in [0.3, 0.4) is 0 Å². The van der Waals surface area contributed by atoms with Crippen LogP contribution in [-0.4, -0.2) is 26.8 Å². The van der Waals surface area contributed by atoms with Crippen molar-refractivity contribution in [3.8, 4) is 11.4 Å². The number of ether oxygens (including phenoxy) is 1. The number of amides is 1. The van der Waals surface area contributed by atoms with E-state index in [0.717, 1.165) is 11.3 Å². The third kappa shape index (κ3) is 2.72. The molecule has 1 atom stereocenters. The minimum atomic E-state index is -0.565. The Kier molecular flexibility index (Phi) is 3.66. The molecule has 2 heterocycles. The van der Waals surface area contributed by atoms with E-state index < -0.39 is 6.10 Å². The van der Waals surface area contributed by atoms with E-state index in [4.69, 9.17) is 16.3 Å². The van der Waals surface area contributed by atoms with Gasteiger partial charge >= 0.3 is 0 Å². The molecular formula is C17H13ClN4O2. The number of hydrogen-bond donors (Lipinski definition) is 1. The predicted molar refractivity (Wildman–Crippen MR) is 89.6 cm³/mol. The highest BCUT2D eigenvalue weighted by Crippen LogP contribution is 2.30. The van der Waals surface area contributed by atoms with Gasteiger partial charge in [0.05, 0.1) is 11.4 Å². The molecule has 0 saturated carbocycles. The number of halogens is 1. The standard InChI is InChI=1S/C17H13ClN4O2/c18-12-5-6-14(22-10-19-9-20-22)13(8-12)21-17(23)16-7-11-3-1-2-4-15(11)24-16/h1-6,8-10,16H,7H2,(H,21,23)/t16-/m1/s1. The Hall–Kier alpha value is -2.86. The van der Waals surface area contributed by atoms with Crippen molar-refractivity contribution in [1.82, 2.24) is 14.8 Å². The fourth-order valence-corrected chi connectivity index (χ4v) is 2.85. The average molecular weight is 341 g/mol. The first kappa shape index (κ1) is 14.7. The summed E-state index contributed by atoms with van der Waals surface area (Å²) in [6.07, 6.45) is 2.96. The summed E-state index contributed by atoms with van der Waals surface area (Å²) in [7, 11) is 0. The number of nitrogens with one attached hydrogen (secondary N) is 1. The molecule has 0 saturated heterocycles. The number of aromatic nitrogens is 3. The van der Waals surface area contributed by atoms with Crippen molar-refractivity contribution in [2.24, 2.45) is 0 Å². The van der Waals surface area contributed by atoms with Crippen LogP contribution in [0.25, 0.3) is 5.69 Å². The fraction of sp³-hybridized carbons (Fsp3) is 0.118. The quantitative estimate of drug-likeness (QED) is 0.796. The van der Waals surface area contributed by atoms with Crippen LogP contribution < -0.4 is 10.1 Å². The van der Waals surface area contributed by atoms with Crippen molar-refractivity contribution in [3.63, 3.8) is 0 Å². The summed E-state index contributed by atoms with van der Waals surface area (Å²) < 4.78 is 7.29. The second kappa shape index (κ2) is 5.98. The maximum atomic E-state index is 12.6. The van der Waals surface area contributed by atoms with E-state index in [-0.39, 0.29) is 5.91 Å². The highest BCUT2D eigenvalue weighted by Gasteiger charge is 2.29. The van der Waals surface area contributed by atoms with Gasteiger partial charge in [-0.2, -0.15) is 5.10 Å². The summed E-state index contributed by atoms with van der Waals surface area (Å²) in [5.41, 5.74) is 2.26. The van der Waals surface area contributed by atoms with Gasteiger partial charge in [-0.05, 0) is 29.8 Å². The third-order valence-electron chi connectivity index (χ3n) is 3.82. The summed E-state index contributed by atoms with van der Waals surface area (Å²) in [6, 6.07) is 12.8. The van der Waals surface area contributed by atoms with Crippen LogP contribution in [0.2, 0.25) is 5.02 Å². The second-order valence-electron chi connectivity index (χ2n) is 5.41.